The quantitative estimate of drug-likeness (QED) is 0.761. The van der Waals surface area contributed by atoms with E-state index >= 15 is 0 Å². The number of benzene rings is 2. The van der Waals surface area contributed by atoms with Crippen molar-refractivity contribution >= 4 is 17.0 Å². The lowest BCUT2D eigenvalue weighted by Gasteiger charge is -2.38. The lowest BCUT2D eigenvalue weighted by atomic mass is 10.0. The Morgan fingerprint density at radius 2 is 1.74 bits per heavy atom. The van der Waals surface area contributed by atoms with E-state index in [0.29, 0.717) is 19.7 Å². The summed E-state index contributed by atoms with van der Waals surface area (Å²) in [5, 5.41) is 1.22. The second kappa shape index (κ2) is 7.84. The number of piperazine rings is 1. The maximum Gasteiger partial charge on any atom is 0.409 e. The van der Waals surface area contributed by atoms with Gasteiger partial charge >= 0.3 is 6.09 Å². The minimum Gasteiger partial charge on any atom is -0.450 e. The van der Waals surface area contributed by atoms with Crippen molar-refractivity contribution in [2.24, 2.45) is 0 Å². The van der Waals surface area contributed by atoms with Crippen LogP contribution < -0.4 is 0 Å². The Bertz CT molecular complexity index is 865. The van der Waals surface area contributed by atoms with Crippen LogP contribution in [0.4, 0.5) is 4.79 Å². The summed E-state index contributed by atoms with van der Waals surface area (Å²) in [6, 6.07) is 21.3. The van der Waals surface area contributed by atoms with Crippen LogP contribution in [0.5, 0.6) is 0 Å². The maximum absolute atomic E-state index is 12.0. The highest BCUT2D eigenvalue weighted by Crippen LogP contribution is 2.31. The van der Waals surface area contributed by atoms with E-state index in [9.17, 15) is 4.79 Å². The average molecular weight is 363 g/mol. The molecule has 140 valence electrons. The smallest absolute Gasteiger partial charge is 0.409 e. The van der Waals surface area contributed by atoms with Crippen LogP contribution in [-0.2, 0) is 4.74 Å². The topological polar surface area (TPSA) is 48.6 Å². The molecule has 4 rings (SSSR count). The second-order valence-electron chi connectivity index (χ2n) is 6.85. The normalized spacial score (nSPS) is 16.4. The predicted octanol–water partition coefficient (Wildman–Crippen LogP) is 4.03. The Morgan fingerprint density at radius 1 is 1.04 bits per heavy atom. The molecule has 1 saturated heterocycles. The van der Waals surface area contributed by atoms with E-state index in [-0.39, 0.29) is 12.1 Å². The van der Waals surface area contributed by atoms with Crippen molar-refractivity contribution < 1.29 is 9.53 Å². The van der Waals surface area contributed by atoms with Gasteiger partial charge in [-0.2, -0.15) is 0 Å². The Labute approximate surface area is 159 Å². The average Bonchev–Trinajstić information content (AvgIpc) is 3.13. The molecule has 0 bridgehead atoms. The van der Waals surface area contributed by atoms with Gasteiger partial charge in [-0.05, 0) is 30.0 Å². The Kier molecular flexibility index (Phi) is 5.12. The minimum atomic E-state index is -0.209. The van der Waals surface area contributed by atoms with Crippen LogP contribution in [0.3, 0.4) is 0 Å². The van der Waals surface area contributed by atoms with Crippen molar-refractivity contribution in [3.05, 3.63) is 71.9 Å². The number of nitrogens with zero attached hydrogens (tertiary/aromatic N) is 2. The van der Waals surface area contributed by atoms with Crippen LogP contribution in [0.15, 0.2) is 60.7 Å². The van der Waals surface area contributed by atoms with Gasteiger partial charge in [-0.1, -0.05) is 48.5 Å². The molecule has 1 aliphatic heterocycles. The summed E-state index contributed by atoms with van der Waals surface area (Å²) in [5.41, 5.74) is 3.60. The lowest BCUT2D eigenvalue weighted by Crippen LogP contribution is -2.50. The highest BCUT2D eigenvalue weighted by Gasteiger charge is 2.29. The summed E-state index contributed by atoms with van der Waals surface area (Å²) in [6.07, 6.45) is -0.209. The molecule has 2 aromatic carbocycles. The van der Waals surface area contributed by atoms with Gasteiger partial charge in [-0.15, -0.1) is 0 Å². The van der Waals surface area contributed by atoms with Crippen LogP contribution in [-0.4, -0.2) is 53.7 Å². The van der Waals surface area contributed by atoms with Crippen molar-refractivity contribution in [3.8, 4) is 0 Å². The molecule has 5 heteroatoms. The summed E-state index contributed by atoms with van der Waals surface area (Å²) >= 11 is 0. The molecule has 3 aromatic rings. The fourth-order valence-corrected chi connectivity index (χ4v) is 3.84. The van der Waals surface area contributed by atoms with Crippen LogP contribution in [0.2, 0.25) is 0 Å². The predicted molar refractivity (Wildman–Crippen MR) is 107 cm³/mol. The van der Waals surface area contributed by atoms with Crippen LogP contribution in [0.1, 0.15) is 24.2 Å². The number of rotatable bonds is 4. The van der Waals surface area contributed by atoms with Gasteiger partial charge < -0.3 is 14.6 Å². The Morgan fingerprint density at radius 3 is 2.44 bits per heavy atom. The first-order chi connectivity index (χ1) is 13.3. The van der Waals surface area contributed by atoms with E-state index in [1.54, 1.807) is 4.90 Å². The minimum absolute atomic E-state index is 0.142. The van der Waals surface area contributed by atoms with E-state index < -0.39 is 0 Å². The number of nitrogens with one attached hydrogen (secondary N) is 1. The first-order valence-corrected chi connectivity index (χ1v) is 9.54. The molecule has 1 aromatic heterocycles. The van der Waals surface area contributed by atoms with Crippen LogP contribution in [0.25, 0.3) is 10.9 Å². The molecule has 1 amide bonds. The third kappa shape index (κ3) is 3.69. The zero-order valence-electron chi connectivity index (χ0n) is 15.6. The molecule has 1 fully saturated rings. The fourth-order valence-electron chi connectivity index (χ4n) is 3.84. The second-order valence-corrected chi connectivity index (χ2v) is 6.85. The van der Waals surface area contributed by atoms with Gasteiger partial charge in [0.1, 0.15) is 0 Å². The molecular weight excluding hydrogens is 338 g/mol. The summed E-state index contributed by atoms with van der Waals surface area (Å²) in [7, 11) is 0. The van der Waals surface area contributed by atoms with Gasteiger partial charge in [-0.3, -0.25) is 4.90 Å². The third-order valence-electron chi connectivity index (χ3n) is 5.17. The van der Waals surface area contributed by atoms with E-state index in [2.05, 4.69) is 64.5 Å². The molecule has 27 heavy (non-hydrogen) atoms. The number of aromatic amines is 1. The number of hydrogen-bond acceptors (Lipinski definition) is 3. The van der Waals surface area contributed by atoms with E-state index in [0.717, 1.165) is 18.6 Å². The van der Waals surface area contributed by atoms with Gasteiger partial charge in [0.05, 0.1) is 12.6 Å². The summed E-state index contributed by atoms with van der Waals surface area (Å²) < 4.78 is 5.15. The monoisotopic (exact) mass is 363 g/mol. The number of fused-ring (bicyclic) bond motifs is 1. The number of amides is 1. The van der Waals surface area contributed by atoms with Gasteiger partial charge in [0.2, 0.25) is 0 Å². The van der Waals surface area contributed by atoms with E-state index in [1.165, 1.54) is 16.6 Å². The summed E-state index contributed by atoms with van der Waals surface area (Å²) in [4.78, 5) is 19.8. The number of carbonyl (C=O) groups is 1. The van der Waals surface area contributed by atoms with Gasteiger partial charge in [-0.25, -0.2) is 4.79 Å². The van der Waals surface area contributed by atoms with Crippen molar-refractivity contribution in [2.75, 3.05) is 32.8 Å². The first kappa shape index (κ1) is 17.6. The van der Waals surface area contributed by atoms with Gasteiger partial charge in [0.25, 0.3) is 0 Å². The molecule has 0 saturated carbocycles. The first-order valence-electron chi connectivity index (χ1n) is 9.54. The molecule has 1 unspecified atom stereocenters. The molecule has 5 nitrogen and oxygen atoms in total. The maximum atomic E-state index is 12.0. The van der Waals surface area contributed by atoms with Gasteiger partial charge in [0.15, 0.2) is 0 Å². The fraction of sp³-hybridized carbons (Fsp3) is 0.318. The number of hydrogen-bond donors (Lipinski definition) is 1. The largest absolute Gasteiger partial charge is 0.450 e. The Hall–Kier alpha value is -2.79. The standard InChI is InChI=1S/C22H25N3O2/c1-2-27-22(26)25-14-12-24(13-15-25)21(17-8-4-3-5-9-17)20-16-18-10-6-7-11-19(18)23-20/h3-11,16,21,23H,2,12-15H2,1H3. The zero-order chi connectivity index (χ0) is 18.6. The molecule has 2 heterocycles. The molecule has 0 radical (unpaired) electrons. The van der Waals surface area contributed by atoms with E-state index in [1.807, 2.05) is 13.0 Å². The number of carbonyl (C=O) groups excluding carboxylic acids is 1. The summed E-state index contributed by atoms with van der Waals surface area (Å²) in [5.74, 6) is 0. The van der Waals surface area contributed by atoms with Gasteiger partial charge in [0, 0.05) is 37.4 Å². The third-order valence-corrected chi connectivity index (χ3v) is 5.17. The molecule has 0 spiro atoms. The molecule has 1 N–H and O–H groups in total. The van der Waals surface area contributed by atoms with E-state index in [4.69, 9.17) is 4.74 Å². The van der Waals surface area contributed by atoms with Crippen molar-refractivity contribution in [1.29, 1.82) is 0 Å². The number of aromatic nitrogens is 1. The van der Waals surface area contributed by atoms with Crippen molar-refractivity contribution in [1.82, 2.24) is 14.8 Å². The van der Waals surface area contributed by atoms with Crippen LogP contribution >= 0.6 is 0 Å². The van der Waals surface area contributed by atoms with Crippen molar-refractivity contribution in [3.63, 3.8) is 0 Å². The molecule has 1 aliphatic rings. The Balaban J connectivity index is 1.61. The molecule has 0 aliphatic carbocycles. The highest BCUT2D eigenvalue weighted by molar-refractivity contribution is 5.80. The number of H-pyrrole nitrogens is 1. The van der Waals surface area contributed by atoms with Crippen molar-refractivity contribution in [2.45, 2.75) is 13.0 Å². The van der Waals surface area contributed by atoms with Crippen LogP contribution in [0, 0.1) is 0 Å². The number of para-hydroxylation sites is 1. The zero-order valence-corrected chi connectivity index (χ0v) is 15.6. The highest BCUT2D eigenvalue weighted by atomic mass is 16.6. The number of ether oxygens (including phenoxy) is 1. The lowest BCUT2D eigenvalue weighted by molar-refractivity contribution is 0.0711. The molecule has 1 atom stereocenters. The molecular formula is C22H25N3O2. The summed E-state index contributed by atoms with van der Waals surface area (Å²) in [6.45, 7) is 5.25. The SMILES string of the molecule is CCOC(=O)N1CCN(C(c2ccccc2)c2cc3ccccc3[nH]2)CC1.